The molecule has 1 aromatic carbocycles. The zero-order valence-electron chi connectivity index (χ0n) is 10.3. The number of methoxy groups -OCH3 is 1. The van der Waals surface area contributed by atoms with Crippen LogP contribution in [-0.4, -0.2) is 26.4 Å². The first-order valence-electron chi connectivity index (χ1n) is 5.68. The minimum Gasteiger partial charge on any atom is -0.491 e. The summed E-state index contributed by atoms with van der Waals surface area (Å²) in [6.07, 6.45) is 0.208. The molecule has 0 saturated carbocycles. The molecule has 0 heterocycles. The van der Waals surface area contributed by atoms with Crippen molar-refractivity contribution in [2.24, 2.45) is 0 Å². The van der Waals surface area contributed by atoms with Crippen molar-refractivity contribution >= 4 is 0 Å². The van der Waals surface area contributed by atoms with Crippen LogP contribution in [0.4, 0.5) is 0 Å². The van der Waals surface area contributed by atoms with Gasteiger partial charge in [-0.15, -0.1) is 0 Å². The lowest BCUT2D eigenvalue weighted by Gasteiger charge is -2.14. The van der Waals surface area contributed by atoms with Gasteiger partial charge in [0, 0.05) is 25.8 Å². The molecule has 0 aliphatic heterocycles. The Kier molecular flexibility index (Phi) is 5.90. The lowest BCUT2D eigenvalue weighted by atomic mass is 10.2. The molecular weight excluding hydrogens is 202 g/mol. The van der Waals surface area contributed by atoms with E-state index < -0.39 is 0 Å². The molecular formula is C13H21NO2. The topological polar surface area (TPSA) is 30.5 Å². The number of rotatable bonds is 7. The fraction of sp³-hybridized carbons (Fsp3) is 0.538. The van der Waals surface area contributed by atoms with Crippen LogP contribution in [-0.2, 0) is 11.3 Å². The van der Waals surface area contributed by atoms with Crippen molar-refractivity contribution in [2.75, 3.05) is 20.3 Å². The zero-order chi connectivity index (χ0) is 11.8. The molecule has 0 bridgehead atoms. The van der Waals surface area contributed by atoms with Crippen LogP contribution >= 0.6 is 0 Å². The Bertz CT molecular complexity index is 300. The Labute approximate surface area is 97.8 Å². The van der Waals surface area contributed by atoms with Crippen LogP contribution in [0.1, 0.15) is 19.4 Å². The van der Waals surface area contributed by atoms with Gasteiger partial charge in [0.1, 0.15) is 5.75 Å². The number of hydrogen-bond donors (Lipinski definition) is 1. The maximum absolute atomic E-state index is 5.73. The van der Waals surface area contributed by atoms with E-state index in [-0.39, 0.29) is 6.10 Å². The molecule has 0 aromatic heterocycles. The van der Waals surface area contributed by atoms with E-state index in [0.29, 0.717) is 0 Å². The zero-order valence-corrected chi connectivity index (χ0v) is 10.3. The van der Waals surface area contributed by atoms with E-state index in [1.807, 2.05) is 32.0 Å². The van der Waals surface area contributed by atoms with Crippen molar-refractivity contribution in [1.82, 2.24) is 5.32 Å². The maximum Gasteiger partial charge on any atom is 0.124 e. The second-order valence-electron chi connectivity index (χ2n) is 3.94. The van der Waals surface area contributed by atoms with E-state index in [9.17, 15) is 0 Å². The molecule has 0 fully saturated rings. The van der Waals surface area contributed by atoms with Crippen molar-refractivity contribution in [3.05, 3.63) is 29.8 Å². The van der Waals surface area contributed by atoms with Crippen LogP contribution in [0.15, 0.2) is 24.3 Å². The predicted octanol–water partition coefficient (Wildman–Crippen LogP) is 2.21. The number of ether oxygens (including phenoxy) is 2. The minimum atomic E-state index is 0.208. The van der Waals surface area contributed by atoms with Crippen LogP contribution in [0, 0.1) is 0 Å². The third-order valence-electron chi connectivity index (χ3n) is 2.13. The molecule has 0 amide bonds. The monoisotopic (exact) mass is 223 g/mol. The van der Waals surface area contributed by atoms with Crippen molar-refractivity contribution in [3.63, 3.8) is 0 Å². The molecule has 1 N–H and O–H groups in total. The van der Waals surface area contributed by atoms with Crippen LogP contribution in [0.2, 0.25) is 0 Å². The maximum atomic E-state index is 5.73. The highest BCUT2D eigenvalue weighted by atomic mass is 16.5. The fourth-order valence-electron chi connectivity index (χ4n) is 1.42. The van der Waals surface area contributed by atoms with Gasteiger partial charge in [-0.1, -0.05) is 18.2 Å². The summed E-state index contributed by atoms with van der Waals surface area (Å²) in [6.45, 7) is 6.47. The molecule has 0 atom stereocenters. The van der Waals surface area contributed by atoms with Gasteiger partial charge in [0.2, 0.25) is 0 Å². The summed E-state index contributed by atoms with van der Waals surface area (Å²) < 4.78 is 10.7. The van der Waals surface area contributed by atoms with Gasteiger partial charge in [0.05, 0.1) is 12.7 Å². The molecule has 0 unspecified atom stereocenters. The summed E-state index contributed by atoms with van der Waals surface area (Å²) in [6, 6.07) is 8.11. The third kappa shape index (κ3) is 4.64. The first kappa shape index (κ1) is 13.0. The summed E-state index contributed by atoms with van der Waals surface area (Å²) in [5, 5.41) is 3.31. The molecule has 0 spiro atoms. The lowest BCUT2D eigenvalue weighted by molar-refractivity contribution is 0.198. The minimum absolute atomic E-state index is 0.208. The summed E-state index contributed by atoms with van der Waals surface area (Å²) in [4.78, 5) is 0. The van der Waals surface area contributed by atoms with Gasteiger partial charge < -0.3 is 14.8 Å². The average Bonchev–Trinajstić information content (AvgIpc) is 2.26. The largest absolute Gasteiger partial charge is 0.491 e. The normalized spacial score (nSPS) is 10.8. The number of hydrogen-bond acceptors (Lipinski definition) is 3. The first-order valence-corrected chi connectivity index (χ1v) is 5.68. The Morgan fingerprint density at radius 2 is 2.00 bits per heavy atom. The summed E-state index contributed by atoms with van der Waals surface area (Å²) in [5.41, 5.74) is 1.19. The van der Waals surface area contributed by atoms with E-state index in [1.165, 1.54) is 5.56 Å². The highest BCUT2D eigenvalue weighted by Crippen LogP contribution is 2.18. The van der Waals surface area contributed by atoms with Crippen LogP contribution < -0.4 is 10.1 Å². The van der Waals surface area contributed by atoms with Crippen molar-refractivity contribution in [2.45, 2.75) is 26.5 Å². The highest BCUT2D eigenvalue weighted by molar-refractivity contribution is 5.33. The van der Waals surface area contributed by atoms with E-state index in [4.69, 9.17) is 9.47 Å². The second kappa shape index (κ2) is 7.25. The van der Waals surface area contributed by atoms with Crippen LogP contribution in [0.25, 0.3) is 0 Å². The van der Waals surface area contributed by atoms with Gasteiger partial charge in [-0.2, -0.15) is 0 Å². The Balaban J connectivity index is 2.50. The molecule has 1 aromatic rings. The second-order valence-corrected chi connectivity index (χ2v) is 3.94. The molecule has 1 rings (SSSR count). The SMILES string of the molecule is COCCNCc1ccccc1OC(C)C. The molecule has 3 nitrogen and oxygen atoms in total. The van der Waals surface area contributed by atoms with E-state index in [2.05, 4.69) is 11.4 Å². The fourth-order valence-corrected chi connectivity index (χ4v) is 1.42. The first-order chi connectivity index (χ1) is 7.74. The molecule has 0 radical (unpaired) electrons. The summed E-state index contributed by atoms with van der Waals surface area (Å²) >= 11 is 0. The van der Waals surface area contributed by atoms with E-state index >= 15 is 0 Å². The standard InChI is InChI=1S/C13H21NO2/c1-11(2)16-13-7-5-4-6-12(13)10-14-8-9-15-3/h4-7,11,14H,8-10H2,1-3H3. The van der Waals surface area contributed by atoms with Crippen LogP contribution in [0.5, 0.6) is 5.75 Å². The lowest BCUT2D eigenvalue weighted by Crippen LogP contribution is -2.19. The average molecular weight is 223 g/mol. The van der Waals surface area contributed by atoms with E-state index in [0.717, 1.165) is 25.4 Å². The molecule has 0 aliphatic carbocycles. The highest BCUT2D eigenvalue weighted by Gasteiger charge is 2.03. The smallest absolute Gasteiger partial charge is 0.124 e. The molecule has 0 aliphatic rings. The van der Waals surface area contributed by atoms with Gasteiger partial charge in [-0.3, -0.25) is 0 Å². The van der Waals surface area contributed by atoms with Crippen molar-refractivity contribution < 1.29 is 9.47 Å². The van der Waals surface area contributed by atoms with Gasteiger partial charge >= 0.3 is 0 Å². The molecule has 3 heteroatoms. The number of benzene rings is 1. The van der Waals surface area contributed by atoms with E-state index in [1.54, 1.807) is 7.11 Å². The van der Waals surface area contributed by atoms with Crippen LogP contribution in [0.3, 0.4) is 0 Å². The van der Waals surface area contributed by atoms with Gasteiger partial charge in [0.15, 0.2) is 0 Å². The molecule has 16 heavy (non-hydrogen) atoms. The third-order valence-corrected chi connectivity index (χ3v) is 2.13. The number of para-hydroxylation sites is 1. The van der Waals surface area contributed by atoms with Crippen molar-refractivity contribution in [1.29, 1.82) is 0 Å². The Morgan fingerprint density at radius 3 is 2.69 bits per heavy atom. The molecule has 0 saturated heterocycles. The quantitative estimate of drug-likeness (QED) is 0.719. The van der Waals surface area contributed by atoms with Gasteiger partial charge in [0.25, 0.3) is 0 Å². The Hall–Kier alpha value is -1.06. The summed E-state index contributed by atoms with van der Waals surface area (Å²) in [7, 11) is 1.71. The van der Waals surface area contributed by atoms with Gasteiger partial charge in [-0.05, 0) is 19.9 Å². The molecule has 90 valence electrons. The van der Waals surface area contributed by atoms with Gasteiger partial charge in [-0.25, -0.2) is 0 Å². The Morgan fingerprint density at radius 1 is 1.25 bits per heavy atom. The van der Waals surface area contributed by atoms with Crippen molar-refractivity contribution in [3.8, 4) is 5.75 Å². The number of nitrogens with one attached hydrogen (secondary N) is 1. The predicted molar refractivity (Wildman–Crippen MR) is 65.8 cm³/mol. The summed E-state index contributed by atoms with van der Waals surface area (Å²) in [5.74, 6) is 0.961.